The number of aromatic nitrogens is 2. The van der Waals surface area contributed by atoms with Gasteiger partial charge in [0.1, 0.15) is 5.75 Å². The summed E-state index contributed by atoms with van der Waals surface area (Å²) in [5.74, 6) is -2.19. The van der Waals surface area contributed by atoms with E-state index >= 15 is 0 Å². The number of phenolic OH excluding ortho intramolecular Hbond substituents is 1. The Balaban J connectivity index is 0.000000206. The van der Waals surface area contributed by atoms with Crippen LogP contribution in [0.15, 0.2) is 54.6 Å². The molecule has 3 aromatic rings. The van der Waals surface area contributed by atoms with Crippen molar-refractivity contribution in [1.82, 2.24) is 4.98 Å². The molecule has 6 nitrogen and oxygen atoms in total. The second kappa shape index (κ2) is 10.6. The highest BCUT2D eigenvalue weighted by Crippen LogP contribution is 2.19. The van der Waals surface area contributed by atoms with E-state index in [0.29, 0.717) is 0 Å². The Bertz CT molecular complexity index is 817. The van der Waals surface area contributed by atoms with E-state index in [0.717, 1.165) is 29.6 Å². The lowest BCUT2D eigenvalue weighted by Gasteiger charge is -2.08. The molecular weight excluding hydrogens is 344 g/mol. The number of H-pyrrole nitrogens is 1. The number of nitrogens with one attached hydrogen (secondary N) is 1. The third-order valence-electron chi connectivity index (χ3n) is 3.31. The van der Waals surface area contributed by atoms with Gasteiger partial charge in [-0.15, -0.1) is 0 Å². The van der Waals surface area contributed by atoms with Crippen LogP contribution in [-0.2, 0) is 0 Å². The van der Waals surface area contributed by atoms with E-state index < -0.39 is 11.7 Å². The lowest BCUT2D eigenvalue weighted by atomic mass is 10.2. The Morgan fingerprint density at radius 2 is 1.44 bits per heavy atom. The quantitative estimate of drug-likeness (QED) is 0.686. The van der Waals surface area contributed by atoms with Crippen molar-refractivity contribution in [3.05, 3.63) is 82.9 Å². The van der Waals surface area contributed by atoms with Crippen molar-refractivity contribution in [2.75, 3.05) is 0 Å². The molecule has 0 aliphatic rings. The van der Waals surface area contributed by atoms with Crippen molar-refractivity contribution in [3.63, 3.8) is 0 Å². The molecule has 2 aromatic heterocycles. The number of hydrogen-bond acceptors (Lipinski definition) is 4. The minimum atomic E-state index is -1.28. The second-order valence-corrected chi connectivity index (χ2v) is 5.92. The maximum absolute atomic E-state index is 10.7. The van der Waals surface area contributed by atoms with Crippen LogP contribution in [0.4, 0.5) is 0 Å². The van der Waals surface area contributed by atoms with Gasteiger partial charge >= 0.3 is 5.97 Å². The number of aromatic carboxylic acids is 1. The van der Waals surface area contributed by atoms with E-state index in [2.05, 4.69) is 9.97 Å². The van der Waals surface area contributed by atoms with Crippen LogP contribution in [0.25, 0.3) is 0 Å². The van der Waals surface area contributed by atoms with E-state index in [1.165, 1.54) is 11.4 Å². The SMILES string of the molecule is Cc1cccc(C)[nH+]1.Cc1cccc(C)n1.O=C(O)c1ccc(O)cc1[O-]. The molecule has 0 aliphatic carbocycles. The molecule has 0 unspecified atom stereocenters. The Morgan fingerprint density at radius 3 is 1.78 bits per heavy atom. The zero-order chi connectivity index (χ0) is 20.4. The highest BCUT2D eigenvalue weighted by molar-refractivity contribution is 5.90. The van der Waals surface area contributed by atoms with Crippen molar-refractivity contribution in [1.29, 1.82) is 0 Å². The first-order valence-corrected chi connectivity index (χ1v) is 8.28. The number of benzene rings is 1. The molecular formula is C21H24N2O4. The molecule has 0 saturated heterocycles. The second-order valence-electron chi connectivity index (χ2n) is 5.92. The van der Waals surface area contributed by atoms with Gasteiger partial charge in [-0.25, -0.2) is 9.78 Å². The predicted molar refractivity (Wildman–Crippen MR) is 101 cm³/mol. The maximum atomic E-state index is 10.7. The molecule has 0 spiro atoms. The Labute approximate surface area is 158 Å². The zero-order valence-electron chi connectivity index (χ0n) is 15.9. The fourth-order valence-corrected chi connectivity index (χ4v) is 2.10. The van der Waals surface area contributed by atoms with Crippen LogP contribution in [0.3, 0.4) is 0 Å². The predicted octanol–water partition coefficient (Wildman–Crippen LogP) is 2.98. The summed E-state index contributed by atoms with van der Waals surface area (Å²) in [6, 6.07) is 15.2. The average molecular weight is 368 g/mol. The number of hydrogen-bond donors (Lipinski definition) is 2. The average Bonchev–Trinajstić information content (AvgIpc) is 2.55. The summed E-state index contributed by atoms with van der Waals surface area (Å²) >= 11 is 0. The number of pyridine rings is 2. The normalized spacial score (nSPS) is 9.33. The Hall–Kier alpha value is -3.41. The van der Waals surface area contributed by atoms with Crippen molar-refractivity contribution in [3.8, 4) is 11.5 Å². The lowest BCUT2D eigenvalue weighted by Crippen LogP contribution is -2.09. The van der Waals surface area contributed by atoms with Crippen molar-refractivity contribution < 1.29 is 25.1 Å². The third kappa shape index (κ3) is 8.49. The van der Waals surface area contributed by atoms with Gasteiger partial charge in [0.2, 0.25) is 0 Å². The summed E-state index contributed by atoms with van der Waals surface area (Å²) in [6.45, 7) is 8.08. The first kappa shape index (κ1) is 21.6. The molecule has 0 fully saturated rings. The van der Waals surface area contributed by atoms with Crippen LogP contribution in [0.2, 0.25) is 0 Å². The molecule has 1 aromatic carbocycles. The molecule has 0 saturated carbocycles. The van der Waals surface area contributed by atoms with E-state index in [1.54, 1.807) is 0 Å². The van der Waals surface area contributed by atoms with Gasteiger partial charge in [0.25, 0.3) is 0 Å². The first-order valence-electron chi connectivity index (χ1n) is 8.28. The number of aromatic amines is 1. The smallest absolute Gasteiger partial charge is 0.335 e. The highest BCUT2D eigenvalue weighted by Gasteiger charge is 2.02. The van der Waals surface area contributed by atoms with Gasteiger partial charge in [-0.3, -0.25) is 4.98 Å². The van der Waals surface area contributed by atoms with Crippen LogP contribution in [0, 0.1) is 27.7 Å². The summed E-state index contributed by atoms with van der Waals surface area (Å²) in [7, 11) is 0. The molecule has 3 rings (SSSR count). The molecule has 0 amide bonds. The van der Waals surface area contributed by atoms with Crippen molar-refractivity contribution in [2.24, 2.45) is 0 Å². The summed E-state index contributed by atoms with van der Waals surface area (Å²) in [4.78, 5) is 17.6. The number of nitrogens with zero attached hydrogens (tertiary/aromatic N) is 1. The van der Waals surface area contributed by atoms with Crippen LogP contribution in [0.5, 0.6) is 11.5 Å². The summed E-state index contributed by atoms with van der Waals surface area (Å²) in [5, 5.41) is 27.8. The minimum absolute atomic E-state index is 0.222. The highest BCUT2D eigenvalue weighted by atomic mass is 16.4. The topological polar surface area (TPSA) is 108 Å². The summed E-state index contributed by atoms with van der Waals surface area (Å²) < 4.78 is 0. The molecule has 0 bridgehead atoms. The van der Waals surface area contributed by atoms with Gasteiger partial charge < -0.3 is 15.3 Å². The van der Waals surface area contributed by atoms with Gasteiger partial charge in [0, 0.05) is 37.4 Å². The van der Waals surface area contributed by atoms with E-state index in [9.17, 15) is 9.90 Å². The number of carboxylic acid groups (broad SMARTS) is 1. The number of aryl methyl sites for hydroxylation is 4. The standard InChI is InChI=1S/2C7H9N.C7H6O4/c2*1-6-4-3-5-7(2)8-6;8-4-1-2-5(7(10)11)6(9)3-4/h2*3-5H,1-2H3;1-3,8-9H,(H,10,11). The van der Waals surface area contributed by atoms with Gasteiger partial charge in [-0.05, 0) is 50.2 Å². The van der Waals surface area contributed by atoms with Crippen LogP contribution >= 0.6 is 0 Å². The molecule has 0 radical (unpaired) electrons. The van der Waals surface area contributed by atoms with Crippen molar-refractivity contribution >= 4 is 5.97 Å². The molecule has 6 heteroatoms. The Morgan fingerprint density at radius 1 is 0.926 bits per heavy atom. The van der Waals surface area contributed by atoms with Crippen LogP contribution in [-0.4, -0.2) is 21.2 Å². The molecule has 0 atom stereocenters. The van der Waals surface area contributed by atoms with Gasteiger partial charge in [0.05, 0.1) is 5.56 Å². The number of carboxylic acids is 1. The minimum Gasteiger partial charge on any atom is -0.872 e. The zero-order valence-corrected chi connectivity index (χ0v) is 15.9. The third-order valence-corrected chi connectivity index (χ3v) is 3.31. The Kier molecular flexibility index (Phi) is 8.45. The molecule has 142 valence electrons. The van der Waals surface area contributed by atoms with E-state index in [-0.39, 0.29) is 11.3 Å². The van der Waals surface area contributed by atoms with Crippen LogP contribution < -0.4 is 10.1 Å². The number of phenols is 1. The number of aromatic hydroxyl groups is 1. The molecule has 2 heterocycles. The summed E-state index contributed by atoms with van der Waals surface area (Å²) in [6.07, 6.45) is 0. The van der Waals surface area contributed by atoms with E-state index in [4.69, 9.17) is 10.2 Å². The molecule has 0 aliphatic heterocycles. The number of carbonyl (C=O) groups is 1. The fourth-order valence-electron chi connectivity index (χ4n) is 2.10. The van der Waals surface area contributed by atoms with Gasteiger partial charge in [-0.2, -0.15) is 0 Å². The monoisotopic (exact) mass is 368 g/mol. The van der Waals surface area contributed by atoms with Gasteiger partial charge in [-0.1, -0.05) is 11.8 Å². The van der Waals surface area contributed by atoms with E-state index in [1.807, 2.05) is 64.1 Å². The number of rotatable bonds is 1. The van der Waals surface area contributed by atoms with Gasteiger partial charge in [0.15, 0.2) is 11.4 Å². The maximum Gasteiger partial charge on any atom is 0.335 e. The van der Waals surface area contributed by atoms with Crippen molar-refractivity contribution in [2.45, 2.75) is 27.7 Å². The lowest BCUT2D eigenvalue weighted by molar-refractivity contribution is -0.396. The largest absolute Gasteiger partial charge is 0.872 e. The van der Waals surface area contributed by atoms with Crippen LogP contribution in [0.1, 0.15) is 33.1 Å². The molecule has 3 N–H and O–H groups in total. The fraction of sp³-hybridized carbons (Fsp3) is 0.190. The molecule has 27 heavy (non-hydrogen) atoms. The first-order chi connectivity index (χ1) is 12.7. The summed E-state index contributed by atoms with van der Waals surface area (Å²) in [5.41, 5.74) is 4.27.